The predicted octanol–water partition coefficient (Wildman–Crippen LogP) is 8.99. The van der Waals surface area contributed by atoms with E-state index in [9.17, 15) is 26.3 Å². The number of fused-ring (bicyclic) bond motifs is 8. The Bertz CT molecular complexity index is 2370. The molecule has 253 valence electrons. The fourth-order valence-corrected chi connectivity index (χ4v) is 5.77. The molecular formula is C34H16CuF10N4. The van der Waals surface area contributed by atoms with Gasteiger partial charge < -0.3 is 9.97 Å². The third-order valence-electron chi connectivity index (χ3n) is 8.09. The molecule has 5 aromatic rings. The van der Waals surface area contributed by atoms with E-state index in [1.807, 2.05) is 13.8 Å². The van der Waals surface area contributed by atoms with E-state index in [0.717, 1.165) is 12.2 Å². The first-order valence-electron chi connectivity index (χ1n) is 14.0. The average molecular weight is 734 g/mol. The zero-order chi connectivity index (χ0) is 34.4. The molecule has 0 saturated heterocycles. The van der Waals surface area contributed by atoms with Gasteiger partial charge in [-0.3, -0.25) is 4.98 Å². The van der Waals surface area contributed by atoms with Crippen LogP contribution in [0.5, 0.6) is 0 Å². The van der Waals surface area contributed by atoms with Crippen LogP contribution in [0.4, 0.5) is 43.9 Å². The second-order valence-corrected chi connectivity index (χ2v) is 11.7. The minimum Gasteiger partial charge on any atom is -0.657 e. The van der Waals surface area contributed by atoms with Crippen LogP contribution < -0.4 is 9.97 Å². The van der Waals surface area contributed by atoms with Crippen LogP contribution in [0.1, 0.15) is 36.6 Å². The van der Waals surface area contributed by atoms with E-state index in [2.05, 4.69) is 19.9 Å². The number of rotatable bonds is 2. The molecule has 8 bridgehead atoms. The summed E-state index contributed by atoms with van der Waals surface area (Å²) >= 11 is 0. The average Bonchev–Trinajstić information content (AvgIpc) is 3.86. The largest absolute Gasteiger partial charge is 2.00 e. The maximum atomic E-state index is 15.3. The molecule has 5 heterocycles. The summed E-state index contributed by atoms with van der Waals surface area (Å²) in [5, 5.41) is 0. The van der Waals surface area contributed by atoms with Gasteiger partial charge in [-0.05, 0) is 23.3 Å². The van der Waals surface area contributed by atoms with Gasteiger partial charge in [0.1, 0.15) is 0 Å². The monoisotopic (exact) mass is 733 g/mol. The smallest absolute Gasteiger partial charge is 0.657 e. The number of benzene rings is 2. The van der Waals surface area contributed by atoms with Gasteiger partial charge in [0.25, 0.3) is 0 Å². The Morgan fingerprint density at radius 3 is 1.33 bits per heavy atom. The van der Waals surface area contributed by atoms with Crippen LogP contribution in [0.15, 0.2) is 36.4 Å². The van der Waals surface area contributed by atoms with Crippen molar-refractivity contribution in [2.45, 2.75) is 25.7 Å². The molecule has 0 N–H and O–H groups in total. The summed E-state index contributed by atoms with van der Waals surface area (Å²) in [6.07, 6.45) is 2.38. The molecule has 0 spiro atoms. The van der Waals surface area contributed by atoms with E-state index in [0.29, 0.717) is 17.8 Å². The molecular weight excluding hydrogens is 718 g/mol. The number of aromatic nitrogens is 4. The maximum absolute atomic E-state index is 15.3. The van der Waals surface area contributed by atoms with Crippen LogP contribution in [-0.2, 0) is 28.9 Å². The van der Waals surface area contributed by atoms with Gasteiger partial charge in [0.2, 0.25) is 11.6 Å². The molecule has 0 aliphatic carbocycles. The topological polar surface area (TPSA) is 54.0 Å². The van der Waals surface area contributed by atoms with Gasteiger partial charge in [0, 0.05) is 23.2 Å². The summed E-state index contributed by atoms with van der Waals surface area (Å²) in [6, 6.07) is 8.40. The molecule has 2 aromatic carbocycles. The Hall–Kier alpha value is -4.88. The predicted molar refractivity (Wildman–Crippen MR) is 155 cm³/mol. The van der Waals surface area contributed by atoms with Gasteiger partial charge >= 0.3 is 17.1 Å². The van der Waals surface area contributed by atoms with Crippen LogP contribution in [0, 0.1) is 58.2 Å². The molecule has 49 heavy (non-hydrogen) atoms. The van der Waals surface area contributed by atoms with Crippen LogP contribution in [0.25, 0.3) is 56.5 Å². The second kappa shape index (κ2) is 11.9. The van der Waals surface area contributed by atoms with Gasteiger partial charge in [0.05, 0.1) is 22.5 Å². The minimum absolute atomic E-state index is 0. The van der Waals surface area contributed by atoms with Gasteiger partial charge in [-0.2, -0.15) is 0 Å². The Morgan fingerprint density at radius 1 is 0.510 bits per heavy atom. The number of hydrogen-bond acceptors (Lipinski definition) is 2. The first-order chi connectivity index (χ1) is 22.7. The molecule has 0 atom stereocenters. The molecule has 2 aliphatic heterocycles. The van der Waals surface area contributed by atoms with Crippen LogP contribution in [0.2, 0.25) is 0 Å². The van der Waals surface area contributed by atoms with Crippen LogP contribution in [-0.4, -0.2) is 9.97 Å². The molecule has 7 rings (SSSR count). The normalized spacial score (nSPS) is 13.6. The Labute approximate surface area is 280 Å². The zero-order valence-corrected chi connectivity index (χ0v) is 25.6. The minimum atomic E-state index is -2.42. The van der Waals surface area contributed by atoms with Crippen LogP contribution in [0.3, 0.4) is 0 Å². The van der Waals surface area contributed by atoms with Crippen molar-refractivity contribution in [1.29, 1.82) is 0 Å². The molecule has 15 heteroatoms. The molecule has 0 fully saturated rings. The molecule has 4 nitrogen and oxygen atoms in total. The first kappa shape index (κ1) is 34.0. The quantitative estimate of drug-likeness (QED) is 0.0772. The number of halogens is 10. The summed E-state index contributed by atoms with van der Waals surface area (Å²) < 4.78 is 147. The Morgan fingerprint density at radius 2 is 0.898 bits per heavy atom. The summed E-state index contributed by atoms with van der Waals surface area (Å²) in [7, 11) is 0. The van der Waals surface area contributed by atoms with Crippen molar-refractivity contribution in [1.82, 2.24) is 19.9 Å². The zero-order valence-electron chi connectivity index (χ0n) is 24.7. The van der Waals surface area contributed by atoms with Gasteiger partial charge in [-0.15, -0.1) is 22.1 Å². The molecule has 0 unspecified atom stereocenters. The molecule has 1 radical (unpaired) electrons. The summed E-state index contributed by atoms with van der Waals surface area (Å²) in [6.45, 7) is 3.73. The van der Waals surface area contributed by atoms with Crippen molar-refractivity contribution >= 4 is 34.2 Å². The van der Waals surface area contributed by atoms with Gasteiger partial charge in [-0.1, -0.05) is 50.2 Å². The van der Waals surface area contributed by atoms with E-state index >= 15 is 17.6 Å². The van der Waals surface area contributed by atoms with Crippen molar-refractivity contribution in [3.8, 4) is 22.3 Å². The van der Waals surface area contributed by atoms with E-state index in [1.54, 1.807) is 12.1 Å². The molecule has 2 aliphatic rings. The van der Waals surface area contributed by atoms with E-state index in [4.69, 9.17) is 0 Å². The van der Waals surface area contributed by atoms with Crippen molar-refractivity contribution in [3.63, 3.8) is 0 Å². The van der Waals surface area contributed by atoms with Crippen LogP contribution >= 0.6 is 0 Å². The molecule has 3 aromatic heterocycles. The van der Waals surface area contributed by atoms with E-state index in [1.165, 1.54) is 24.3 Å². The van der Waals surface area contributed by atoms with E-state index < -0.39 is 97.2 Å². The number of nitrogens with zero attached hydrogens (tertiary/aromatic N) is 4. The van der Waals surface area contributed by atoms with Crippen molar-refractivity contribution in [2.24, 2.45) is 0 Å². The number of hydrogen-bond donors (Lipinski definition) is 0. The maximum Gasteiger partial charge on any atom is 2.00 e. The summed E-state index contributed by atoms with van der Waals surface area (Å²) in [4.78, 5) is 17.5. The SMILES string of the molecule is CC1(C)Cc2cc3ccc([n-]3)c(-c3c(F)c(F)c(F)c(F)c3F)c3nc(c(-c4c(F)c(F)c(F)c(F)c4F)c4ccc(cc1n2)[n-]4)C=C3.[Cu+2]. The van der Waals surface area contributed by atoms with Crippen molar-refractivity contribution in [3.05, 3.63) is 117 Å². The van der Waals surface area contributed by atoms with Gasteiger partial charge in [0.15, 0.2) is 46.5 Å². The van der Waals surface area contributed by atoms with E-state index in [-0.39, 0.29) is 39.1 Å². The van der Waals surface area contributed by atoms with Crippen molar-refractivity contribution in [2.75, 3.05) is 0 Å². The molecule has 0 saturated carbocycles. The second-order valence-electron chi connectivity index (χ2n) is 11.7. The Kier molecular flexibility index (Phi) is 8.27. The third kappa shape index (κ3) is 5.32. The Balaban J connectivity index is 0.00000417. The fourth-order valence-electron chi connectivity index (χ4n) is 5.77. The summed E-state index contributed by atoms with van der Waals surface area (Å²) in [5.74, 6) is -22.8. The standard InChI is InChI=1S/C34H16F10N4.Cu/c1-34(2)11-14-9-12-3-5-15(45-12)20(22-24(35)28(39)32(43)29(40)25(22)36)17-7-8-18(48-17)21(16-6-4-13(46-16)10-19(34)47-14)23-26(37)30(41)33(44)31(42)27(23)38;/h3-10H,11H2,1-2H3;/q-2;+2. The fraction of sp³-hybridized carbons (Fsp3) is 0.118. The third-order valence-corrected chi connectivity index (χ3v) is 8.09. The summed E-state index contributed by atoms with van der Waals surface area (Å²) in [5.41, 5.74) is -5.12. The first-order valence-corrected chi connectivity index (χ1v) is 14.0. The van der Waals surface area contributed by atoms with Gasteiger partial charge in [-0.25, -0.2) is 48.9 Å². The van der Waals surface area contributed by atoms with Crippen molar-refractivity contribution < 1.29 is 61.0 Å². The molecule has 0 amide bonds.